The molecule has 25 heavy (non-hydrogen) atoms. The number of hydrogen-bond donors (Lipinski definition) is 1. The van der Waals surface area contributed by atoms with Gasteiger partial charge in [-0.3, -0.25) is 4.79 Å². The minimum Gasteiger partial charge on any atom is -0.410 e. The molecular formula is C17H18N4O2S2. The van der Waals surface area contributed by atoms with Gasteiger partial charge < -0.3 is 9.73 Å². The van der Waals surface area contributed by atoms with Gasteiger partial charge in [0.05, 0.1) is 16.5 Å². The molecule has 3 rings (SSSR count). The summed E-state index contributed by atoms with van der Waals surface area (Å²) >= 11 is 2.73. The van der Waals surface area contributed by atoms with Gasteiger partial charge >= 0.3 is 0 Å². The molecule has 1 amide bonds. The Morgan fingerprint density at radius 3 is 2.56 bits per heavy atom. The number of amides is 1. The van der Waals surface area contributed by atoms with E-state index in [9.17, 15) is 4.79 Å². The fourth-order valence-electron chi connectivity index (χ4n) is 2.40. The van der Waals surface area contributed by atoms with Gasteiger partial charge in [0.25, 0.3) is 11.1 Å². The predicted molar refractivity (Wildman–Crippen MR) is 100 cm³/mol. The van der Waals surface area contributed by atoms with E-state index >= 15 is 0 Å². The zero-order valence-electron chi connectivity index (χ0n) is 14.4. The number of carbonyl (C=O) groups excluding carboxylic acids is 1. The zero-order chi connectivity index (χ0) is 18.0. The number of rotatable bonds is 5. The van der Waals surface area contributed by atoms with Crippen LogP contribution in [0.1, 0.15) is 21.8 Å². The first-order chi connectivity index (χ1) is 11.9. The largest absolute Gasteiger partial charge is 0.410 e. The lowest BCUT2D eigenvalue weighted by Gasteiger charge is -2.10. The number of aromatic nitrogens is 3. The lowest BCUT2D eigenvalue weighted by Crippen LogP contribution is -2.15. The summed E-state index contributed by atoms with van der Waals surface area (Å²) in [4.78, 5) is 17.4. The Hall–Kier alpha value is -2.19. The SMILES string of the molecule is Cc1nc(C)c(-c2nnc(SCC(=O)Nc3c(C)cccc3C)o2)s1. The fourth-order valence-corrected chi connectivity index (χ4v) is 3.81. The molecule has 0 aliphatic heterocycles. The van der Waals surface area contributed by atoms with Crippen molar-refractivity contribution in [2.75, 3.05) is 11.1 Å². The minimum atomic E-state index is -0.105. The topological polar surface area (TPSA) is 80.9 Å². The van der Waals surface area contributed by atoms with Gasteiger partial charge in [0.2, 0.25) is 5.91 Å². The van der Waals surface area contributed by atoms with E-state index in [0.717, 1.165) is 32.4 Å². The first-order valence-electron chi connectivity index (χ1n) is 7.71. The van der Waals surface area contributed by atoms with E-state index in [2.05, 4.69) is 20.5 Å². The third-order valence-electron chi connectivity index (χ3n) is 3.58. The summed E-state index contributed by atoms with van der Waals surface area (Å²) in [6.07, 6.45) is 0. The van der Waals surface area contributed by atoms with E-state index in [1.54, 1.807) is 0 Å². The van der Waals surface area contributed by atoms with Gasteiger partial charge in [0, 0.05) is 5.69 Å². The minimum absolute atomic E-state index is 0.105. The van der Waals surface area contributed by atoms with E-state index in [1.807, 2.05) is 45.9 Å². The average Bonchev–Trinajstić information content (AvgIpc) is 3.15. The van der Waals surface area contributed by atoms with Gasteiger partial charge in [0.1, 0.15) is 4.88 Å². The van der Waals surface area contributed by atoms with Crippen LogP contribution in [0.2, 0.25) is 0 Å². The maximum Gasteiger partial charge on any atom is 0.277 e. The highest BCUT2D eigenvalue weighted by Gasteiger charge is 2.16. The standard InChI is InChI=1S/C17H18N4O2S2/c1-9-6-5-7-10(2)14(9)19-13(22)8-24-17-21-20-16(23-17)15-11(3)18-12(4)25-15/h5-7H,8H2,1-4H3,(H,19,22). The molecule has 0 saturated carbocycles. The van der Waals surface area contributed by atoms with Gasteiger partial charge in [-0.2, -0.15) is 0 Å². The second-order valence-corrected chi connectivity index (χ2v) is 7.75. The second kappa shape index (κ2) is 7.37. The van der Waals surface area contributed by atoms with Gasteiger partial charge in [-0.25, -0.2) is 4.98 Å². The van der Waals surface area contributed by atoms with Gasteiger partial charge in [-0.15, -0.1) is 21.5 Å². The van der Waals surface area contributed by atoms with Crippen LogP contribution in [0.5, 0.6) is 0 Å². The Balaban J connectivity index is 1.62. The third kappa shape index (κ3) is 4.08. The van der Waals surface area contributed by atoms with Crippen molar-refractivity contribution in [1.82, 2.24) is 15.2 Å². The molecule has 2 heterocycles. The van der Waals surface area contributed by atoms with E-state index < -0.39 is 0 Å². The van der Waals surface area contributed by atoms with Crippen LogP contribution in [0.15, 0.2) is 27.8 Å². The number of benzene rings is 1. The number of carbonyl (C=O) groups is 1. The molecule has 0 fully saturated rings. The van der Waals surface area contributed by atoms with Crippen molar-refractivity contribution < 1.29 is 9.21 Å². The van der Waals surface area contributed by atoms with Crippen LogP contribution in [-0.4, -0.2) is 26.8 Å². The van der Waals surface area contributed by atoms with Crippen LogP contribution in [0.3, 0.4) is 0 Å². The van der Waals surface area contributed by atoms with Crippen molar-refractivity contribution >= 4 is 34.7 Å². The summed E-state index contributed by atoms with van der Waals surface area (Å²) in [6.45, 7) is 7.79. The third-order valence-corrected chi connectivity index (χ3v) is 5.46. The summed E-state index contributed by atoms with van der Waals surface area (Å²) in [7, 11) is 0. The Morgan fingerprint density at radius 1 is 1.20 bits per heavy atom. The summed E-state index contributed by atoms with van der Waals surface area (Å²) in [5, 5.41) is 12.3. The highest BCUT2D eigenvalue weighted by molar-refractivity contribution is 7.99. The summed E-state index contributed by atoms with van der Waals surface area (Å²) in [6, 6.07) is 5.91. The Morgan fingerprint density at radius 2 is 1.92 bits per heavy atom. The molecule has 0 spiro atoms. The number of nitrogens with zero attached hydrogens (tertiary/aromatic N) is 3. The van der Waals surface area contributed by atoms with Crippen molar-refractivity contribution in [2.45, 2.75) is 32.9 Å². The normalized spacial score (nSPS) is 10.9. The lowest BCUT2D eigenvalue weighted by molar-refractivity contribution is -0.113. The molecule has 0 aliphatic carbocycles. The van der Waals surface area contributed by atoms with E-state index in [0.29, 0.717) is 11.1 Å². The first kappa shape index (κ1) is 17.6. The summed E-state index contributed by atoms with van der Waals surface area (Å²) in [5.41, 5.74) is 3.80. The quantitative estimate of drug-likeness (QED) is 0.676. The second-order valence-electron chi connectivity index (χ2n) is 5.62. The van der Waals surface area contributed by atoms with Crippen LogP contribution in [0.25, 0.3) is 10.8 Å². The van der Waals surface area contributed by atoms with Crippen molar-refractivity contribution in [3.05, 3.63) is 40.0 Å². The number of thiazole rings is 1. The molecule has 1 N–H and O–H groups in total. The molecule has 0 bridgehead atoms. The van der Waals surface area contributed by atoms with Crippen molar-refractivity contribution in [1.29, 1.82) is 0 Å². The highest BCUT2D eigenvalue weighted by Crippen LogP contribution is 2.30. The number of aryl methyl sites for hydroxylation is 4. The van der Waals surface area contributed by atoms with Gasteiger partial charge in [0.15, 0.2) is 0 Å². The number of anilines is 1. The van der Waals surface area contributed by atoms with Crippen LogP contribution < -0.4 is 5.32 Å². The van der Waals surface area contributed by atoms with E-state index in [1.165, 1.54) is 23.1 Å². The van der Waals surface area contributed by atoms with Crippen molar-refractivity contribution in [3.63, 3.8) is 0 Å². The maximum absolute atomic E-state index is 12.2. The number of nitrogens with one attached hydrogen (secondary N) is 1. The molecular weight excluding hydrogens is 356 g/mol. The van der Waals surface area contributed by atoms with Crippen LogP contribution in [-0.2, 0) is 4.79 Å². The zero-order valence-corrected chi connectivity index (χ0v) is 16.0. The molecule has 2 aromatic heterocycles. The maximum atomic E-state index is 12.2. The molecule has 0 atom stereocenters. The molecule has 1 aromatic carbocycles. The monoisotopic (exact) mass is 374 g/mol. The van der Waals surface area contributed by atoms with Gasteiger partial charge in [-0.05, 0) is 38.8 Å². The Bertz CT molecular complexity index is 897. The molecule has 0 unspecified atom stereocenters. The molecule has 0 saturated heterocycles. The van der Waals surface area contributed by atoms with Gasteiger partial charge in [-0.1, -0.05) is 30.0 Å². The lowest BCUT2D eigenvalue weighted by atomic mass is 10.1. The van der Waals surface area contributed by atoms with Crippen molar-refractivity contribution in [2.24, 2.45) is 0 Å². The molecule has 0 aliphatic rings. The molecule has 8 heteroatoms. The van der Waals surface area contributed by atoms with Crippen LogP contribution in [0.4, 0.5) is 5.69 Å². The van der Waals surface area contributed by atoms with E-state index in [-0.39, 0.29) is 11.7 Å². The molecule has 3 aromatic rings. The van der Waals surface area contributed by atoms with Crippen LogP contribution >= 0.6 is 23.1 Å². The molecule has 130 valence electrons. The van der Waals surface area contributed by atoms with Crippen LogP contribution in [0, 0.1) is 27.7 Å². The fraction of sp³-hybridized carbons (Fsp3) is 0.294. The van der Waals surface area contributed by atoms with E-state index in [4.69, 9.17) is 4.42 Å². The molecule has 6 nitrogen and oxygen atoms in total. The molecule has 0 radical (unpaired) electrons. The number of hydrogen-bond acceptors (Lipinski definition) is 7. The smallest absolute Gasteiger partial charge is 0.277 e. The highest BCUT2D eigenvalue weighted by atomic mass is 32.2. The summed E-state index contributed by atoms with van der Waals surface area (Å²) < 4.78 is 5.64. The predicted octanol–water partition coefficient (Wildman–Crippen LogP) is 4.16. The number of thioether (sulfide) groups is 1. The average molecular weight is 374 g/mol. The Labute approximate surface area is 154 Å². The van der Waals surface area contributed by atoms with Crippen molar-refractivity contribution in [3.8, 4) is 10.8 Å². The first-order valence-corrected chi connectivity index (χ1v) is 9.51. The Kier molecular flexibility index (Phi) is 5.19. The summed E-state index contributed by atoms with van der Waals surface area (Å²) in [5.74, 6) is 0.545. The number of para-hydroxylation sites is 1.